The van der Waals surface area contributed by atoms with Gasteiger partial charge in [0.25, 0.3) is 0 Å². The normalized spacial score (nSPS) is 11.6. The molecule has 3 aromatic carbocycles. The third-order valence-corrected chi connectivity index (χ3v) is 5.95. The summed E-state index contributed by atoms with van der Waals surface area (Å²) in [6, 6.07) is 4.82. The first-order valence-electron chi connectivity index (χ1n) is 11.7. The van der Waals surface area contributed by atoms with Gasteiger partial charge in [-0.1, -0.05) is 25.8 Å². The van der Waals surface area contributed by atoms with Crippen LogP contribution in [-0.2, 0) is 12.8 Å². The lowest BCUT2D eigenvalue weighted by Gasteiger charge is -2.10. The van der Waals surface area contributed by atoms with Gasteiger partial charge in [0.2, 0.25) is 11.6 Å². The number of hydrogen-bond acceptors (Lipinski definition) is 3. The van der Waals surface area contributed by atoms with Gasteiger partial charge in [-0.3, -0.25) is 0 Å². The van der Waals surface area contributed by atoms with E-state index in [9.17, 15) is 22.0 Å². The van der Waals surface area contributed by atoms with Crippen LogP contribution in [0.5, 0.6) is 11.5 Å². The Bertz CT molecular complexity index is 1410. The Morgan fingerprint density at radius 3 is 1.94 bits per heavy atom. The minimum Gasteiger partial charge on any atom is -0.491 e. The summed E-state index contributed by atoms with van der Waals surface area (Å²) in [5.74, 6) is -8.40. The molecule has 0 aliphatic heterocycles. The summed E-state index contributed by atoms with van der Waals surface area (Å²) in [4.78, 5) is 0. The third-order valence-electron chi connectivity index (χ3n) is 5.95. The molecule has 192 valence electrons. The molecule has 0 spiro atoms. The van der Waals surface area contributed by atoms with Crippen molar-refractivity contribution < 1.29 is 40.2 Å². The first kappa shape index (κ1) is 25.7. The minimum atomic E-state index is -1.42. The molecule has 3 nitrogen and oxygen atoms in total. The van der Waals surface area contributed by atoms with Crippen molar-refractivity contribution in [3.63, 3.8) is 0 Å². The van der Waals surface area contributed by atoms with Gasteiger partial charge in [0.1, 0.15) is 11.2 Å². The molecule has 0 aliphatic rings. The van der Waals surface area contributed by atoms with Crippen LogP contribution >= 0.6 is 0 Å². The van der Waals surface area contributed by atoms with Crippen LogP contribution in [0.15, 0.2) is 28.7 Å². The van der Waals surface area contributed by atoms with Gasteiger partial charge in [0, 0.05) is 6.07 Å². The lowest BCUT2D eigenvalue weighted by Crippen LogP contribution is -2.03. The zero-order chi connectivity index (χ0) is 26.0. The first-order chi connectivity index (χ1) is 17.3. The molecule has 0 unspecified atom stereocenters. The molecule has 0 N–H and O–H groups in total. The number of aryl methyl sites for hydroxylation is 2. The van der Waals surface area contributed by atoms with E-state index in [0.717, 1.165) is 25.0 Å². The predicted molar refractivity (Wildman–Crippen MR) is 124 cm³/mol. The Kier molecular flexibility index (Phi) is 7.66. The van der Waals surface area contributed by atoms with Crippen LogP contribution in [-0.4, -0.2) is 13.2 Å². The quantitative estimate of drug-likeness (QED) is 0.159. The highest BCUT2D eigenvalue weighted by molar-refractivity contribution is 6.06. The van der Waals surface area contributed by atoms with Gasteiger partial charge in [0.15, 0.2) is 34.8 Å². The highest BCUT2D eigenvalue weighted by atomic mass is 19.2. The maximum absolute atomic E-state index is 15.0. The number of halogens is 6. The molecule has 4 aromatic rings. The Balaban J connectivity index is 1.68. The SMILES string of the molecule is CCCCCOc1cc2oc3cc(CCc4ccc(OCC)c(F)c4F)c(F)c(F)c3c2c(F)c1F. The van der Waals surface area contributed by atoms with Crippen LogP contribution in [0.25, 0.3) is 21.9 Å². The summed E-state index contributed by atoms with van der Waals surface area (Å²) in [6.45, 7) is 3.91. The van der Waals surface area contributed by atoms with E-state index in [4.69, 9.17) is 13.9 Å². The molecular formula is C27H24F6O3. The average Bonchev–Trinajstić information content (AvgIpc) is 3.23. The predicted octanol–water partition coefficient (Wildman–Crippen LogP) is 8.17. The van der Waals surface area contributed by atoms with Crippen molar-refractivity contribution in [1.29, 1.82) is 0 Å². The monoisotopic (exact) mass is 510 g/mol. The van der Waals surface area contributed by atoms with E-state index in [1.54, 1.807) is 6.92 Å². The maximum Gasteiger partial charge on any atom is 0.201 e. The van der Waals surface area contributed by atoms with Crippen LogP contribution in [0.1, 0.15) is 44.2 Å². The van der Waals surface area contributed by atoms with Crippen molar-refractivity contribution in [2.24, 2.45) is 0 Å². The van der Waals surface area contributed by atoms with Crippen molar-refractivity contribution in [3.8, 4) is 11.5 Å². The molecule has 0 atom stereocenters. The topological polar surface area (TPSA) is 31.6 Å². The summed E-state index contributed by atoms with van der Waals surface area (Å²) in [7, 11) is 0. The van der Waals surface area contributed by atoms with E-state index in [1.807, 2.05) is 6.92 Å². The van der Waals surface area contributed by atoms with Gasteiger partial charge in [-0.05, 0) is 49.4 Å². The van der Waals surface area contributed by atoms with Crippen LogP contribution in [0, 0.1) is 34.9 Å². The minimum absolute atomic E-state index is 0.0570. The number of furan rings is 1. The van der Waals surface area contributed by atoms with E-state index >= 15 is 4.39 Å². The number of hydrogen-bond donors (Lipinski definition) is 0. The standard InChI is InChI=1S/C27H24F6O3/c1-3-5-6-11-35-19-13-18-21(27(33)25(19)31)20-17(36-18)12-15(23(29)26(20)32)8-7-14-9-10-16(34-4-2)24(30)22(14)28/h9-10,12-13H,3-8,11H2,1-2H3. The molecule has 1 heterocycles. The average molecular weight is 510 g/mol. The van der Waals surface area contributed by atoms with Crippen LogP contribution in [0.2, 0.25) is 0 Å². The second-order valence-electron chi connectivity index (χ2n) is 8.35. The molecule has 9 heteroatoms. The fourth-order valence-corrected chi connectivity index (χ4v) is 4.10. The Morgan fingerprint density at radius 1 is 0.639 bits per heavy atom. The second-order valence-corrected chi connectivity index (χ2v) is 8.35. The second kappa shape index (κ2) is 10.7. The smallest absolute Gasteiger partial charge is 0.201 e. The van der Waals surface area contributed by atoms with E-state index in [2.05, 4.69) is 0 Å². The summed E-state index contributed by atoms with van der Waals surface area (Å²) in [5.41, 5.74) is -0.661. The van der Waals surface area contributed by atoms with Gasteiger partial charge in [-0.25, -0.2) is 17.6 Å². The van der Waals surface area contributed by atoms with E-state index < -0.39 is 45.7 Å². The maximum atomic E-state index is 15.0. The van der Waals surface area contributed by atoms with E-state index in [-0.39, 0.29) is 59.8 Å². The van der Waals surface area contributed by atoms with Gasteiger partial charge in [-0.15, -0.1) is 0 Å². The Labute approximate surface area is 203 Å². The molecule has 0 aliphatic carbocycles. The molecular weight excluding hydrogens is 486 g/mol. The highest BCUT2D eigenvalue weighted by Gasteiger charge is 2.25. The van der Waals surface area contributed by atoms with Gasteiger partial charge in [0.05, 0.1) is 24.0 Å². The van der Waals surface area contributed by atoms with Gasteiger partial charge in [-0.2, -0.15) is 8.78 Å². The number of ether oxygens (including phenoxy) is 2. The summed E-state index contributed by atoms with van der Waals surface area (Å²) in [5, 5.41) is -1.08. The van der Waals surface area contributed by atoms with Crippen LogP contribution < -0.4 is 9.47 Å². The van der Waals surface area contributed by atoms with Gasteiger partial charge < -0.3 is 13.9 Å². The largest absolute Gasteiger partial charge is 0.491 e. The summed E-state index contributed by atoms with van der Waals surface area (Å²) in [6.07, 6.45) is 2.03. The van der Waals surface area contributed by atoms with Crippen molar-refractivity contribution in [2.75, 3.05) is 13.2 Å². The van der Waals surface area contributed by atoms with E-state index in [0.29, 0.717) is 6.42 Å². The van der Waals surface area contributed by atoms with Crippen LogP contribution in [0.4, 0.5) is 26.3 Å². The fourth-order valence-electron chi connectivity index (χ4n) is 4.10. The lowest BCUT2D eigenvalue weighted by atomic mass is 10.0. The molecule has 0 saturated heterocycles. The van der Waals surface area contributed by atoms with Crippen molar-refractivity contribution in [1.82, 2.24) is 0 Å². The number of rotatable bonds is 10. The summed E-state index contributed by atoms with van der Waals surface area (Å²) < 4.78 is 104. The number of benzene rings is 3. The Hall–Kier alpha value is -3.36. The molecule has 0 bridgehead atoms. The van der Waals surface area contributed by atoms with Crippen molar-refractivity contribution in [2.45, 2.75) is 46.0 Å². The van der Waals surface area contributed by atoms with Crippen molar-refractivity contribution in [3.05, 3.63) is 70.3 Å². The zero-order valence-electron chi connectivity index (χ0n) is 19.8. The fraction of sp³-hybridized carbons (Fsp3) is 0.333. The molecule has 0 radical (unpaired) electrons. The third kappa shape index (κ3) is 4.70. The number of fused-ring (bicyclic) bond motifs is 3. The van der Waals surface area contributed by atoms with Crippen LogP contribution in [0.3, 0.4) is 0 Å². The molecule has 36 heavy (non-hydrogen) atoms. The van der Waals surface area contributed by atoms with Crippen molar-refractivity contribution >= 4 is 21.9 Å². The zero-order valence-corrected chi connectivity index (χ0v) is 19.8. The summed E-state index contributed by atoms with van der Waals surface area (Å²) >= 11 is 0. The van der Waals surface area contributed by atoms with Gasteiger partial charge >= 0.3 is 0 Å². The molecule has 0 fully saturated rings. The number of unbranched alkanes of at least 4 members (excludes halogenated alkanes) is 2. The highest BCUT2D eigenvalue weighted by Crippen LogP contribution is 2.39. The lowest BCUT2D eigenvalue weighted by molar-refractivity contribution is 0.287. The Morgan fingerprint density at radius 2 is 1.25 bits per heavy atom. The molecule has 1 aromatic heterocycles. The molecule has 0 amide bonds. The molecule has 4 rings (SSSR count). The van der Waals surface area contributed by atoms with E-state index in [1.165, 1.54) is 12.1 Å². The molecule has 0 saturated carbocycles. The first-order valence-corrected chi connectivity index (χ1v) is 11.7.